The molecular formula is C21H20ClF2N3O3. The zero-order valence-electron chi connectivity index (χ0n) is 16.3. The molecule has 0 atom stereocenters. The Labute approximate surface area is 177 Å². The number of nitrogens with one attached hydrogen (secondary N) is 1. The Balaban J connectivity index is 0.00000256. The Morgan fingerprint density at radius 1 is 1.27 bits per heavy atom. The molecule has 0 unspecified atom stereocenters. The third-order valence-corrected chi connectivity index (χ3v) is 5.02. The molecule has 0 radical (unpaired) electrons. The maximum absolute atomic E-state index is 15.3. The summed E-state index contributed by atoms with van der Waals surface area (Å²) in [6, 6.07) is 4.48. The van der Waals surface area contributed by atoms with Crippen LogP contribution in [0.3, 0.4) is 0 Å². The van der Waals surface area contributed by atoms with Crippen LogP contribution in [0, 0.1) is 25.5 Å². The molecule has 2 aromatic heterocycles. The Morgan fingerprint density at radius 2 is 1.97 bits per heavy atom. The molecule has 9 heteroatoms. The molecule has 3 aromatic rings. The van der Waals surface area contributed by atoms with Crippen LogP contribution in [-0.2, 0) is 6.54 Å². The molecule has 1 aliphatic rings. The molecule has 1 aliphatic carbocycles. The van der Waals surface area contributed by atoms with E-state index in [2.05, 4.69) is 10.3 Å². The molecule has 2 heterocycles. The summed E-state index contributed by atoms with van der Waals surface area (Å²) in [4.78, 5) is 28.2. The Morgan fingerprint density at radius 3 is 2.57 bits per heavy atom. The van der Waals surface area contributed by atoms with Crippen molar-refractivity contribution in [2.75, 3.05) is 5.32 Å². The highest BCUT2D eigenvalue weighted by molar-refractivity contribution is 5.93. The van der Waals surface area contributed by atoms with E-state index in [1.54, 1.807) is 6.07 Å². The van der Waals surface area contributed by atoms with Crippen LogP contribution in [-0.4, -0.2) is 20.6 Å². The van der Waals surface area contributed by atoms with Gasteiger partial charge in [0.25, 0.3) is 0 Å². The lowest BCUT2D eigenvalue weighted by Crippen LogP contribution is -2.20. The fraction of sp³-hybridized carbons (Fsp3) is 0.286. The first kappa shape index (κ1) is 21.7. The van der Waals surface area contributed by atoms with Gasteiger partial charge in [-0.05, 0) is 50.5 Å². The lowest BCUT2D eigenvalue weighted by molar-refractivity contribution is 0.0694. The van der Waals surface area contributed by atoms with Gasteiger partial charge in [0.1, 0.15) is 17.2 Å². The second kappa shape index (κ2) is 8.02. The highest BCUT2D eigenvalue weighted by atomic mass is 35.5. The van der Waals surface area contributed by atoms with Crippen molar-refractivity contribution in [3.05, 3.63) is 68.6 Å². The van der Waals surface area contributed by atoms with Crippen molar-refractivity contribution in [2.24, 2.45) is 0 Å². The van der Waals surface area contributed by atoms with Gasteiger partial charge in [-0.25, -0.2) is 18.6 Å². The minimum absolute atomic E-state index is 0. The van der Waals surface area contributed by atoms with E-state index in [0.29, 0.717) is 5.82 Å². The third kappa shape index (κ3) is 3.87. The Bertz CT molecular complexity index is 1200. The molecule has 4 rings (SSSR count). The number of carboxylic acids is 1. The second-order valence-electron chi connectivity index (χ2n) is 7.39. The van der Waals surface area contributed by atoms with Crippen LogP contribution < -0.4 is 10.7 Å². The fourth-order valence-corrected chi connectivity index (χ4v) is 3.55. The van der Waals surface area contributed by atoms with Gasteiger partial charge in [-0.2, -0.15) is 0 Å². The van der Waals surface area contributed by atoms with Crippen LogP contribution in [0.2, 0.25) is 0 Å². The van der Waals surface area contributed by atoms with E-state index in [0.717, 1.165) is 36.4 Å². The first-order valence-corrected chi connectivity index (χ1v) is 9.24. The van der Waals surface area contributed by atoms with Crippen LogP contribution in [0.5, 0.6) is 0 Å². The summed E-state index contributed by atoms with van der Waals surface area (Å²) in [6.45, 7) is 3.55. The number of aromatic nitrogens is 2. The van der Waals surface area contributed by atoms with Gasteiger partial charge in [0.15, 0.2) is 5.82 Å². The molecule has 2 N–H and O–H groups in total. The van der Waals surface area contributed by atoms with E-state index in [4.69, 9.17) is 0 Å². The molecule has 30 heavy (non-hydrogen) atoms. The van der Waals surface area contributed by atoms with Crippen LogP contribution in [0.15, 0.2) is 29.2 Å². The molecule has 1 aromatic carbocycles. The number of pyridine rings is 2. The molecule has 0 amide bonds. The average molecular weight is 436 g/mol. The largest absolute Gasteiger partial charge is 0.477 e. The van der Waals surface area contributed by atoms with Crippen molar-refractivity contribution in [3.63, 3.8) is 0 Å². The molecule has 158 valence electrons. The summed E-state index contributed by atoms with van der Waals surface area (Å²) in [6.07, 6.45) is 2.65. The normalized spacial score (nSPS) is 13.2. The maximum atomic E-state index is 15.3. The molecule has 0 saturated heterocycles. The fourth-order valence-electron chi connectivity index (χ4n) is 3.55. The lowest BCUT2D eigenvalue weighted by Gasteiger charge is -2.16. The number of hydrogen-bond donors (Lipinski definition) is 2. The van der Waals surface area contributed by atoms with E-state index in [-0.39, 0.29) is 41.5 Å². The first-order chi connectivity index (χ1) is 13.8. The number of anilines is 1. The number of aryl methyl sites for hydroxylation is 2. The lowest BCUT2D eigenvalue weighted by atomic mass is 10.1. The zero-order chi connectivity index (χ0) is 20.9. The SMILES string of the molecule is Cc1cc(C)nc(NCc2c(F)cc3c(=O)c(C(=O)O)cn(C4CC4)c3c2F)c1.Cl. The van der Waals surface area contributed by atoms with Gasteiger partial charge in [-0.15, -0.1) is 12.4 Å². The summed E-state index contributed by atoms with van der Waals surface area (Å²) in [5.41, 5.74) is 0.0644. The van der Waals surface area contributed by atoms with Gasteiger partial charge in [-0.3, -0.25) is 4.79 Å². The van der Waals surface area contributed by atoms with E-state index in [1.807, 2.05) is 19.9 Å². The van der Waals surface area contributed by atoms with Crippen LogP contribution in [0.1, 0.15) is 46.1 Å². The van der Waals surface area contributed by atoms with Crippen molar-refractivity contribution in [1.29, 1.82) is 0 Å². The van der Waals surface area contributed by atoms with E-state index in [9.17, 15) is 19.1 Å². The first-order valence-electron chi connectivity index (χ1n) is 9.24. The standard InChI is InChI=1S/C21H19F2N3O3.ClH/c1-10-5-11(2)25-17(6-10)24-8-14-16(22)7-13-19(18(14)23)26(12-3-4-12)9-15(20(13)27)21(28)29;/h5-7,9,12H,3-4,8H2,1-2H3,(H,24,25)(H,28,29);1H. The van der Waals surface area contributed by atoms with E-state index < -0.39 is 28.6 Å². The summed E-state index contributed by atoms with van der Waals surface area (Å²) < 4.78 is 31.5. The molecule has 1 fully saturated rings. The smallest absolute Gasteiger partial charge is 0.341 e. The summed E-state index contributed by atoms with van der Waals surface area (Å²) in [5.74, 6) is -2.70. The quantitative estimate of drug-likeness (QED) is 0.622. The minimum atomic E-state index is -1.42. The number of fused-ring (bicyclic) bond motifs is 1. The summed E-state index contributed by atoms with van der Waals surface area (Å²) >= 11 is 0. The number of hydrogen-bond acceptors (Lipinski definition) is 4. The Hall–Kier alpha value is -3.00. The van der Waals surface area contributed by atoms with Crippen molar-refractivity contribution in [3.8, 4) is 0 Å². The van der Waals surface area contributed by atoms with Gasteiger partial charge in [0.2, 0.25) is 5.43 Å². The minimum Gasteiger partial charge on any atom is -0.477 e. The van der Waals surface area contributed by atoms with Gasteiger partial charge >= 0.3 is 5.97 Å². The topological polar surface area (TPSA) is 84.2 Å². The van der Waals surface area contributed by atoms with Gasteiger partial charge < -0.3 is 15.0 Å². The number of rotatable bonds is 5. The number of carbonyl (C=O) groups is 1. The number of nitrogens with zero attached hydrogens (tertiary/aromatic N) is 2. The van der Waals surface area contributed by atoms with E-state index in [1.165, 1.54) is 4.57 Å². The molecule has 0 spiro atoms. The van der Waals surface area contributed by atoms with E-state index >= 15 is 4.39 Å². The maximum Gasteiger partial charge on any atom is 0.341 e. The predicted octanol–water partition coefficient (Wildman–Crippen LogP) is 4.36. The molecule has 1 saturated carbocycles. The summed E-state index contributed by atoms with van der Waals surface area (Å²) in [7, 11) is 0. The summed E-state index contributed by atoms with van der Waals surface area (Å²) in [5, 5.41) is 11.9. The van der Waals surface area contributed by atoms with Crippen LogP contribution in [0.25, 0.3) is 10.9 Å². The van der Waals surface area contributed by atoms with Gasteiger partial charge in [0, 0.05) is 30.0 Å². The van der Waals surface area contributed by atoms with Crippen LogP contribution >= 0.6 is 12.4 Å². The molecule has 0 aliphatic heterocycles. The third-order valence-electron chi connectivity index (χ3n) is 5.02. The monoisotopic (exact) mass is 435 g/mol. The molecule has 0 bridgehead atoms. The Kier molecular flexibility index (Phi) is 5.81. The van der Waals surface area contributed by atoms with Crippen molar-refractivity contribution in [2.45, 2.75) is 39.3 Å². The second-order valence-corrected chi connectivity index (χ2v) is 7.39. The number of benzene rings is 1. The molecule has 6 nitrogen and oxygen atoms in total. The van der Waals surface area contributed by atoms with Gasteiger partial charge in [0.05, 0.1) is 10.9 Å². The number of aromatic carboxylic acids is 1. The predicted molar refractivity (Wildman–Crippen MR) is 112 cm³/mol. The average Bonchev–Trinajstić information content (AvgIpc) is 3.46. The van der Waals surface area contributed by atoms with Crippen LogP contribution in [0.4, 0.5) is 14.6 Å². The highest BCUT2D eigenvalue weighted by Crippen LogP contribution is 2.38. The van der Waals surface area contributed by atoms with Crippen molar-refractivity contribution < 1.29 is 18.7 Å². The van der Waals surface area contributed by atoms with Gasteiger partial charge in [-0.1, -0.05) is 0 Å². The van der Waals surface area contributed by atoms with Crippen molar-refractivity contribution >= 4 is 35.1 Å². The zero-order valence-corrected chi connectivity index (χ0v) is 17.1. The number of halogens is 3. The highest BCUT2D eigenvalue weighted by Gasteiger charge is 2.29. The molecular weight excluding hydrogens is 416 g/mol. The number of carboxylic acid groups (broad SMARTS) is 1. The van der Waals surface area contributed by atoms with Crippen molar-refractivity contribution in [1.82, 2.24) is 9.55 Å².